The highest BCUT2D eigenvalue weighted by Crippen LogP contribution is 2.54. The van der Waals surface area contributed by atoms with Gasteiger partial charge in [-0.25, -0.2) is 4.39 Å². The number of rotatable bonds is 6. The van der Waals surface area contributed by atoms with Crippen molar-refractivity contribution < 1.29 is 37.0 Å². The number of methoxy groups -OCH3 is 1. The SMILES string of the molecule is CCN1C[C@@]2(C[C@@H]2COC)n2cc(C(=O)NCc3cccc(C(F)(F)F)c3F)c(=O)c(O)c2C1=O. The van der Waals surface area contributed by atoms with E-state index in [0.29, 0.717) is 32.2 Å². The van der Waals surface area contributed by atoms with Gasteiger partial charge in [0.2, 0.25) is 5.43 Å². The zero-order valence-corrected chi connectivity index (χ0v) is 18.9. The van der Waals surface area contributed by atoms with Gasteiger partial charge in [-0.3, -0.25) is 14.4 Å². The molecule has 0 saturated heterocycles. The number of nitrogens with zero attached hydrogens (tertiary/aromatic N) is 2. The number of halogens is 4. The van der Waals surface area contributed by atoms with Gasteiger partial charge in [0, 0.05) is 44.4 Å². The van der Waals surface area contributed by atoms with Gasteiger partial charge >= 0.3 is 6.18 Å². The second-order valence-corrected chi connectivity index (χ2v) is 8.68. The molecule has 1 spiro atoms. The lowest BCUT2D eigenvalue weighted by Crippen LogP contribution is -2.49. The molecule has 2 amide bonds. The normalized spacial score (nSPS) is 21.3. The van der Waals surface area contributed by atoms with Crippen LogP contribution in [-0.4, -0.2) is 53.2 Å². The van der Waals surface area contributed by atoms with Crippen LogP contribution in [0.2, 0.25) is 0 Å². The van der Waals surface area contributed by atoms with Crippen LogP contribution in [0.3, 0.4) is 0 Å². The predicted molar refractivity (Wildman–Crippen MR) is 114 cm³/mol. The van der Waals surface area contributed by atoms with Crippen LogP contribution in [-0.2, 0) is 23.0 Å². The molecule has 1 aromatic carbocycles. The second-order valence-electron chi connectivity index (χ2n) is 8.68. The lowest BCUT2D eigenvalue weighted by Gasteiger charge is -2.37. The molecule has 188 valence electrons. The number of aromatic hydroxyl groups is 1. The molecule has 2 N–H and O–H groups in total. The monoisotopic (exact) mass is 497 g/mol. The third kappa shape index (κ3) is 4.05. The number of carbonyl (C=O) groups is 2. The maximum absolute atomic E-state index is 14.3. The molecule has 2 aliphatic rings. The molecule has 4 rings (SSSR count). The summed E-state index contributed by atoms with van der Waals surface area (Å²) >= 11 is 0. The summed E-state index contributed by atoms with van der Waals surface area (Å²) in [4.78, 5) is 40.0. The number of nitrogens with one attached hydrogen (secondary N) is 1. The number of benzene rings is 1. The Hall–Kier alpha value is -3.41. The summed E-state index contributed by atoms with van der Waals surface area (Å²) in [7, 11) is 1.52. The van der Waals surface area contributed by atoms with Crippen LogP contribution in [0.15, 0.2) is 29.2 Å². The summed E-state index contributed by atoms with van der Waals surface area (Å²) < 4.78 is 59.8. The highest BCUT2D eigenvalue weighted by atomic mass is 19.4. The Bertz CT molecular complexity index is 1260. The van der Waals surface area contributed by atoms with Crippen LogP contribution in [0.1, 0.15) is 45.3 Å². The van der Waals surface area contributed by atoms with Crippen LogP contribution >= 0.6 is 0 Å². The average molecular weight is 497 g/mol. The Morgan fingerprint density at radius 1 is 1.31 bits per heavy atom. The molecule has 0 unspecified atom stereocenters. The maximum Gasteiger partial charge on any atom is 0.419 e. The molecule has 2 aromatic rings. The van der Waals surface area contributed by atoms with Crippen LogP contribution in [0, 0.1) is 11.7 Å². The summed E-state index contributed by atoms with van der Waals surface area (Å²) in [6, 6.07) is 2.66. The minimum Gasteiger partial charge on any atom is -0.503 e. The minimum absolute atomic E-state index is 0.0367. The number of aromatic nitrogens is 1. The van der Waals surface area contributed by atoms with Crippen molar-refractivity contribution in [2.45, 2.75) is 31.6 Å². The Kier molecular flexibility index (Phi) is 6.12. The molecular formula is C23H23F4N3O5. The second kappa shape index (κ2) is 8.67. The Morgan fingerprint density at radius 2 is 2.03 bits per heavy atom. The number of alkyl halides is 3. The van der Waals surface area contributed by atoms with E-state index in [0.717, 1.165) is 12.1 Å². The fourth-order valence-corrected chi connectivity index (χ4v) is 4.68. The van der Waals surface area contributed by atoms with E-state index in [1.807, 2.05) is 0 Å². The van der Waals surface area contributed by atoms with Gasteiger partial charge in [-0.15, -0.1) is 0 Å². The number of amides is 2. The molecule has 1 aliphatic heterocycles. The van der Waals surface area contributed by atoms with Crippen molar-refractivity contribution in [2.75, 3.05) is 26.8 Å². The molecule has 1 fully saturated rings. The van der Waals surface area contributed by atoms with Crippen LogP contribution in [0.4, 0.5) is 17.6 Å². The summed E-state index contributed by atoms with van der Waals surface area (Å²) in [5.41, 5.74) is -4.44. The van der Waals surface area contributed by atoms with Crippen molar-refractivity contribution in [1.82, 2.24) is 14.8 Å². The number of ether oxygens (including phenoxy) is 1. The number of likely N-dealkylation sites (N-methyl/N-ethyl adjacent to an activating group) is 1. The van der Waals surface area contributed by atoms with E-state index < -0.39 is 63.8 Å². The average Bonchev–Trinajstić information content (AvgIpc) is 3.49. The van der Waals surface area contributed by atoms with Crippen LogP contribution < -0.4 is 10.7 Å². The lowest BCUT2D eigenvalue weighted by atomic mass is 10.0. The standard InChI is InChI=1S/C23H23F4N3O5/c1-3-29-11-22(7-13(22)10-35-2)30-9-14(18(31)19(32)17(30)21(29)34)20(33)28-8-12-5-4-6-15(16(12)24)23(25,26)27/h4-6,9,13,32H,3,7-8,10-11H2,1-2H3,(H,28,33)/t13-,22-/m1/s1. The van der Waals surface area contributed by atoms with Crippen molar-refractivity contribution in [3.8, 4) is 5.75 Å². The largest absolute Gasteiger partial charge is 0.503 e. The fourth-order valence-electron chi connectivity index (χ4n) is 4.68. The van der Waals surface area contributed by atoms with Crippen LogP contribution in [0.25, 0.3) is 0 Å². The van der Waals surface area contributed by atoms with E-state index in [1.54, 1.807) is 6.92 Å². The van der Waals surface area contributed by atoms with Crippen molar-refractivity contribution in [2.24, 2.45) is 5.92 Å². The first-order chi connectivity index (χ1) is 16.5. The number of carbonyl (C=O) groups excluding carboxylic acids is 2. The van der Waals surface area contributed by atoms with Gasteiger partial charge < -0.3 is 24.6 Å². The van der Waals surface area contributed by atoms with E-state index in [4.69, 9.17) is 4.74 Å². The van der Waals surface area contributed by atoms with E-state index in [-0.39, 0.29) is 11.6 Å². The molecule has 0 radical (unpaired) electrons. The molecule has 1 saturated carbocycles. The Balaban J connectivity index is 1.68. The number of hydrogen-bond donors (Lipinski definition) is 2. The molecule has 2 atom stereocenters. The van der Waals surface area contributed by atoms with Crippen molar-refractivity contribution in [1.29, 1.82) is 0 Å². The molecule has 1 aromatic heterocycles. The van der Waals surface area contributed by atoms with E-state index in [1.165, 1.54) is 22.8 Å². The Morgan fingerprint density at radius 3 is 2.66 bits per heavy atom. The molecule has 0 bridgehead atoms. The van der Waals surface area contributed by atoms with Gasteiger partial charge in [0.25, 0.3) is 11.8 Å². The van der Waals surface area contributed by atoms with Gasteiger partial charge in [-0.1, -0.05) is 12.1 Å². The smallest absolute Gasteiger partial charge is 0.419 e. The Labute approximate surface area is 197 Å². The molecule has 2 heterocycles. The zero-order valence-electron chi connectivity index (χ0n) is 18.9. The summed E-state index contributed by atoms with van der Waals surface area (Å²) in [5, 5.41) is 12.8. The van der Waals surface area contributed by atoms with Crippen molar-refractivity contribution in [3.05, 3.63) is 62.8 Å². The fraction of sp³-hybridized carbons (Fsp3) is 0.435. The third-order valence-corrected chi connectivity index (χ3v) is 6.63. The quantitative estimate of drug-likeness (QED) is 0.598. The summed E-state index contributed by atoms with van der Waals surface area (Å²) in [6.45, 7) is 2.13. The molecule has 1 aliphatic carbocycles. The minimum atomic E-state index is -4.91. The van der Waals surface area contributed by atoms with E-state index in [9.17, 15) is 37.1 Å². The first kappa shape index (κ1) is 24.7. The van der Waals surface area contributed by atoms with Gasteiger partial charge in [-0.2, -0.15) is 13.2 Å². The van der Waals surface area contributed by atoms with Gasteiger partial charge in [-0.05, 0) is 19.4 Å². The van der Waals surface area contributed by atoms with Gasteiger partial charge in [0.05, 0.1) is 17.7 Å². The topological polar surface area (TPSA) is 101 Å². The van der Waals surface area contributed by atoms with Crippen LogP contribution in [0.5, 0.6) is 5.75 Å². The number of pyridine rings is 1. The third-order valence-electron chi connectivity index (χ3n) is 6.63. The molecule has 8 nitrogen and oxygen atoms in total. The summed E-state index contributed by atoms with van der Waals surface area (Å²) in [5.74, 6) is -4.05. The van der Waals surface area contributed by atoms with E-state index in [2.05, 4.69) is 5.32 Å². The number of fused-ring (bicyclic) bond motifs is 2. The van der Waals surface area contributed by atoms with Crippen molar-refractivity contribution in [3.63, 3.8) is 0 Å². The first-order valence-corrected chi connectivity index (χ1v) is 10.9. The van der Waals surface area contributed by atoms with Gasteiger partial charge in [0.15, 0.2) is 11.4 Å². The highest BCUT2D eigenvalue weighted by Gasteiger charge is 2.60. The zero-order chi connectivity index (χ0) is 25.7. The number of hydrogen-bond acceptors (Lipinski definition) is 5. The molecular weight excluding hydrogens is 474 g/mol. The molecule has 12 heteroatoms. The lowest BCUT2D eigenvalue weighted by molar-refractivity contribution is -0.140. The van der Waals surface area contributed by atoms with Crippen molar-refractivity contribution >= 4 is 11.8 Å². The molecule has 35 heavy (non-hydrogen) atoms. The highest BCUT2D eigenvalue weighted by molar-refractivity contribution is 5.99. The van der Waals surface area contributed by atoms with E-state index >= 15 is 0 Å². The summed E-state index contributed by atoms with van der Waals surface area (Å²) in [6.07, 6.45) is -3.16. The van der Waals surface area contributed by atoms with Gasteiger partial charge in [0.1, 0.15) is 11.4 Å². The first-order valence-electron chi connectivity index (χ1n) is 10.9. The maximum atomic E-state index is 14.3. The predicted octanol–water partition coefficient (Wildman–Crippen LogP) is 2.48.